The van der Waals surface area contributed by atoms with Crippen LogP contribution in [-0.2, 0) is 4.57 Å². The summed E-state index contributed by atoms with van der Waals surface area (Å²) >= 11 is 0. The lowest BCUT2D eigenvalue weighted by Gasteiger charge is -2.23. The molecule has 0 aromatic heterocycles. The average Bonchev–Trinajstić information content (AvgIpc) is 1.65. The molecular formula is C6H16NOP. The van der Waals surface area contributed by atoms with Crippen molar-refractivity contribution < 1.29 is 4.57 Å². The minimum atomic E-state index is -2.00. The first-order valence-corrected chi connectivity index (χ1v) is 5.31. The lowest BCUT2D eigenvalue weighted by Crippen LogP contribution is -2.13. The summed E-state index contributed by atoms with van der Waals surface area (Å²) < 4.78 is 13.4. The maximum atomic E-state index is 11.5. The van der Waals surface area contributed by atoms with Crippen LogP contribution in [0.5, 0.6) is 0 Å². The molecular weight excluding hydrogens is 133 g/mol. The zero-order valence-electron chi connectivity index (χ0n) is 6.88. The SMILES string of the molecule is CC(C)P(C)(=O)N(C)C. The second-order valence-corrected chi connectivity index (χ2v) is 6.60. The molecule has 0 saturated carbocycles. The van der Waals surface area contributed by atoms with E-state index in [-0.39, 0.29) is 5.66 Å². The molecule has 0 spiro atoms. The highest BCUT2D eigenvalue weighted by atomic mass is 31.2. The Balaban J connectivity index is 4.21. The van der Waals surface area contributed by atoms with Crippen LogP contribution in [0.4, 0.5) is 0 Å². The standard InChI is InChI=1S/C6H16NOP/c1-6(2)9(5,8)7(3)4/h6H,1-5H3. The van der Waals surface area contributed by atoms with E-state index < -0.39 is 7.29 Å². The predicted molar refractivity (Wildman–Crippen MR) is 42.4 cm³/mol. The summed E-state index contributed by atoms with van der Waals surface area (Å²) in [5.74, 6) is 0. The van der Waals surface area contributed by atoms with E-state index in [4.69, 9.17) is 0 Å². The molecule has 3 heteroatoms. The van der Waals surface area contributed by atoms with Crippen molar-refractivity contribution in [2.24, 2.45) is 0 Å². The second-order valence-electron chi connectivity index (χ2n) is 2.88. The molecule has 0 aliphatic heterocycles. The molecule has 0 fully saturated rings. The summed E-state index contributed by atoms with van der Waals surface area (Å²) in [5, 5.41) is 0. The van der Waals surface area contributed by atoms with Gasteiger partial charge in [0.1, 0.15) is 7.29 Å². The summed E-state index contributed by atoms with van der Waals surface area (Å²) in [4.78, 5) is 0. The third-order valence-electron chi connectivity index (χ3n) is 1.75. The molecule has 0 aliphatic carbocycles. The Morgan fingerprint density at radius 2 is 1.67 bits per heavy atom. The van der Waals surface area contributed by atoms with Crippen LogP contribution in [0.1, 0.15) is 13.8 Å². The van der Waals surface area contributed by atoms with Gasteiger partial charge in [0.15, 0.2) is 0 Å². The van der Waals surface area contributed by atoms with Gasteiger partial charge in [0.05, 0.1) is 0 Å². The Morgan fingerprint density at radius 3 is 1.67 bits per heavy atom. The molecule has 9 heavy (non-hydrogen) atoms. The van der Waals surface area contributed by atoms with E-state index in [2.05, 4.69) is 0 Å². The fourth-order valence-electron chi connectivity index (χ4n) is 0.462. The van der Waals surface area contributed by atoms with Crippen LogP contribution >= 0.6 is 7.29 Å². The van der Waals surface area contributed by atoms with Crippen LogP contribution < -0.4 is 0 Å². The molecule has 0 N–H and O–H groups in total. The number of nitrogens with zero attached hydrogens (tertiary/aromatic N) is 1. The van der Waals surface area contributed by atoms with Crippen LogP contribution in [0.15, 0.2) is 0 Å². The minimum Gasteiger partial charge on any atom is -0.307 e. The minimum absolute atomic E-state index is 0.271. The highest BCUT2D eigenvalue weighted by Crippen LogP contribution is 2.47. The van der Waals surface area contributed by atoms with E-state index in [1.165, 1.54) is 0 Å². The van der Waals surface area contributed by atoms with E-state index in [0.29, 0.717) is 0 Å². The zero-order chi connectivity index (χ0) is 7.65. The number of hydrogen-bond acceptors (Lipinski definition) is 1. The predicted octanol–water partition coefficient (Wildman–Crippen LogP) is 1.86. The number of rotatable bonds is 2. The third kappa shape index (κ3) is 2.11. The van der Waals surface area contributed by atoms with Gasteiger partial charge in [-0.3, -0.25) is 4.67 Å². The van der Waals surface area contributed by atoms with Gasteiger partial charge in [0.25, 0.3) is 0 Å². The summed E-state index contributed by atoms with van der Waals surface area (Å²) in [6.07, 6.45) is 0. The van der Waals surface area contributed by atoms with Crippen LogP contribution in [0.25, 0.3) is 0 Å². The highest BCUT2D eigenvalue weighted by Gasteiger charge is 2.21. The smallest absolute Gasteiger partial charge is 0.149 e. The normalized spacial score (nSPS) is 18.6. The van der Waals surface area contributed by atoms with Crippen LogP contribution in [0.3, 0.4) is 0 Å². The monoisotopic (exact) mass is 149 g/mol. The highest BCUT2D eigenvalue weighted by molar-refractivity contribution is 7.61. The Morgan fingerprint density at radius 1 is 1.33 bits per heavy atom. The van der Waals surface area contributed by atoms with Gasteiger partial charge in [-0.2, -0.15) is 0 Å². The van der Waals surface area contributed by atoms with Gasteiger partial charge in [-0.25, -0.2) is 0 Å². The van der Waals surface area contributed by atoms with E-state index in [0.717, 1.165) is 0 Å². The first kappa shape index (κ1) is 9.19. The van der Waals surface area contributed by atoms with E-state index in [9.17, 15) is 4.57 Å². The molecule has 56 valence electrons. The summed E-state index contributed by atoms with van der Waals surface area (Å²) in [7, 11) is 1.72. The van der Waals surface area contributed by atoms with Crippen molar-refractivity contribution >= 4 is 7.29 Å². The lowest BCUT2D eigenvalue weighted by molar-refractivity contribution is 0.511. The van der Waals surface area contributed by atoms with Crippen molar-refractivity contribution in [2.45, 2.75) is 19.5 Å². The Hall–Kier alpha value is 0.190. The van der Waals surface area contributed by atoms with Gasteiger partial charge < -0.3 is 4.57 Å². The Labute approximate surface area is 57.7 Å². The molecule has 0 aromatic carbocycles. The number of hydrogen-bond donors (Lipinski definition) is 0. The molecule has 0 aromatic rings. The summed E-state index contributed by atoms with van der Waals surface area (Å²) in [6, 6.07) is 0. The maximum absolute atomic E-state index is 11.5. The third-order valence-corrected chi connectivity index (χ3v) is 5.26. The lowest BCUT2D eigenvalue weighted by atomic mass is 10.6. The van der Waals surface area contributed by atoms with Crippen molar-refractivity contribution in [3.05, 3.63) is 0 Å². The van der Waals surface area contributed by atoms with Gasteiger partial charge in [-0.1, -0.05) is 13.8 Å². The van der Waals surface area contributed by atoms with E-state index >= 15 is 0 Å². The topological polar surface area (TPSA) is 20.3 Å². The van der Waals surface area contributed by atoms with Crippen molar-refractivity contribution in [1.82, 2.24) is 4.67 Å². The van der Waals surface area contributed by atoms with Crippen molar-refractivity contribution in [3.8, 4) is 0 Å². The molecule has 0 aliphatic rings. The zero-order valence-corrected chi connectivity index (χ0v) is 7.77. The average molecular weight is 149 g/mol. The van der Waals surface area contributed by atoms with Crippen molar-refractivity contribution in [2.75, 3.05) is 20.8 Å². The largest absolute Gasteiger partial charge is 0.307 e. The van der Waals surface area contributed by atoms with E-state index in [1.807, 2.05) is 39.3 Å². The van der Waals surface area contributed by atoms with E-state index in [1.54, 1.807) is 0 Å². The molecule has 0 amide bonds. The van der Waals surface area contributed by atoms with Gasteiger partial charge in [-0.05, 0) is 14.1 Å². The molecule has 2 nitrogen and oxygen atoms in total. The van der Waals surface area contributed by atoms with Crippen LogP contribution in [0.2, 0.25) is 0 Å². The first-order chi connectivity index (χ1) is 3.89. The fourth-order valence-corrected chi connectivity index (χ4v) is 1.39. The Bertz CT molecular complexity index is 119. The summed E-state index contributed by atoms with van der Waals surface area (Å²) in [6.45, 7) is 5.79. The second kappa shape index (κ2) is 2.85. The fraction of sp³-hybridized carbons (Fsp3) is 1.00. The van der Waals surface area contributed by atoms with Crippen LogP contribution in [0, 0.1) is 0 Å². The molecule has 1 unspecified atom stereocenters. The molecule has 0 rings (SSSR count). The van der Waals surface area contributed by atoms with Gasteiger partial charge in [0, 0.05) is 12.3 Å². The van der Waals surface area contributed by atoms with Crippen molar-refractivity contribution in [3.63, 3.8) is 0 Å². The summed E-state index contributed by atoms with van der Waals surface area (Å²) in [5.41, 5.74) is 0.271. The maximum Gasteiger partial charge on any atom is 0.149 e. The molecule has 0 radical (unpaired) electrons. The first-order valence-electron chi connectivity index (χ1n) is 3.14. The van der Waals surface area contributed by atoms with Crippen LogP contribution in [-0.4, -0.2) is 31.1 Å². The van der Waals surface area contributed by atoms with Gasteiger partial charge in [-0.15, -0.1) is 0 Å². The van der Waals surface area contributed by atoms with Gasteiger partial charge in [0.2, 0.25) is 0 Å². The molecule has 1 atom stereocenters. The quantitative estimate of drug-likeness (QED) is 0.558. The molecule has 0 heterocycles. The van der Waals surface area contributed by atoms with Gasteiger partial charge >= 0.3 is 0 Å². The molecule has 0 saturated heterocycles. The Kier molecular flexibility index (Phi) is 2.91. The van der Waals surface area contributed by atoms with Crippen molar-refractivity contribution in [1.29, 1.82) is 0 Å². The molecule has 0 bridgehead atoms.